The molecule has 0 aliphatic heterocycles. The highest BCUT2D eigenvalue weighted by Gasteiger charge is 2.04. The lowest BCUT2D eigenvalue weighted by molar-refractivity contribution is -0.114. The van der Waals surface area contributed by atoms with Crippen molar-refractivity contribution >= 4 is 24.9 Å². The molecule has 13 heavy (non-hydrogen) atoms. The number of rotatable bonds is 1. The number of benzene rings is 1. The van der Waals surface area contributed by atoms with Gasteiger partial charge in [0.25, 0.3) is 0 Å². The first-order chi connectivity index (χ1) is 6.00. The summed E-state index contributed by atoms with van der Waals surface area (Å²) in [5.74, 6) is -0.388. The van der Waals surface area contributed by atoms with Gasteiger partial charge in [-0.2, -0.15) is 0 Å². The Hall–Kier alpha value is -1.32. The first kappa shape index (κ1) is 9.77. The summed E-state index contributed by atoms with van der Waals surface area (Å²) in [6.07, 6.45) is 0. The van der Waals surface area contributed by atoms with E-state index in [0.717, 1.165) is 5.56 Å². The smallest absolute Gasteiger partial charge is 0.221 e. The lowest BCUT2D eigenvalue weighted by Crippen LogP contribution is -2.14. The molecule has 0 fully saturated rings. The Bertz CT molecular complexity index is 352. The topological polar surface area (TPSA) is 29.1 Å². The van der Waals surface area contributed by atoms with Gasteiger partial charge in [0.05, 0.1) is 0 Å². The van der Waals surface area contributed by atoms with Gasteiger partial charge >= 0.3 is 0 Å². The van der Waals surface area contributed by atoms with Gasteiger partial charge in [-0.05, 0) is 24.6 Å². The van der Waals surface area contributed by atoms with Gasteiger partial charge in [0.15, 0.2) is 0 Å². The van der Waals surface area contributed by atoms with Crippen molar-refractivity contribution in [3.8, 4) is 0 Å². The van der Waals surface area contributed by atoms with Gasteiger partial charge in [0.2, 0.25) is 5.91 Å². The molecule has 0 saturated heterocycles. The molecule has 0 atom stereocenters. The highest BCUT2D eigenvalue weighted by atomic mass is 19.1. The molecule has 0 unspecified atom stereocenters. The predicted molar refractivity (Wildman–Crippen MR) is 53.6 cm³/mol. The predicted octanol–water partition coefficient (Wildman–Crippen LogP) is 0.351. The number of hydrogen-bond donors (Lipinski definition) is 1. The maximum absolute atomic E-state index is 13.0. The van der Waals surface area contributed by atoms with Crippen LogP contribution in [0.25, 0.3) is 0 Å². The van der Waals surface area contributed by atoms with E-state index in [1.807, 2.05) is 0 Å². The zero-order valence-corrected chi connectivity index (χ0v) is 7.94. The monoisotopic (exact) mass is 179 g/mol. The summed E-state index contributed by atoms with van der Waals surface area (Å²) in [5.41, 5.74) is 1.94. The number of aryl methyl sites for hydroxylation is 1. The van der Waals surface area contributed by atoms with Crippen LogP contribution in [-0.4, -0.2) is 13.8 Å². The van der Waals surface area contributed by atoms with E-state index < -0.39 is 0 Å². The summed E-state index contributed by atoms with van der Waals surface area (Å²) in [4.78, 5) is 10.8. The first-order valence-electron chi connectivity index (χ1n) is 4.05. The van der Waals surface area contributed by atoms with Crippen LogP contribution in [0.5, 0.6) is 0 Å². The molecule has 0 bridgehead atoms. The van der Waals surface area contributed by atoms with E-state index in [2.05, 4.69) is 5.32 Å². The van der Waals surface area contributed by atoms with Crippen LogP contribution in [0.15, 0.2) is 12.1 Å². The van der Waals surface area contributed by atoms with Crippen molar-refractivity contribution in [1.82, 2.24) is 0 Å². The SMILES string of the molecule is Bc1cc(NC(C)=O)c(C)cc1F. The van der Waals surface area contributed by atoms with E-state index >= 15 is 0 Å². The Morgan fingerprint density at radius 1 is 1.54 bits per heavy atom. The summed E-state index contributed by atoms with van der Waals surface area (Å²) in [6.45, 7) is 3.19. The van der Waals surface area contributed by atoms with Crippen LogP contribution in [0.3, 0.4) is 0 Å². The third-order valence-corrected chi connectivity index (χ3v) is 1.82. The molecule has 2 nitrogen and oxygen atoms in total. The van der Waals surface area contributed by atoms with Crippen molar-refractivity contribution in [2.24, 2.45) is 0 Å². The highest BCUT2D eigenvalue weighted by molar-refractivity contribution is 6.32. The average molecular weight is 179 g/mol. The Labute approximate surface area is 77.6 Å². The largest absolute Gasteiger partial charge is 0.326 e. The molecule has 68 valence electrons. The zero-order chi connectivity index (χ0) is 10.0. The molecule has 1 N–H and O–H groups in total. The van der Waals surface area contributed by atoms with Crippen LogP contribution in [0.1, 0.15) is 12.5 Å². The van der Waals surface area contributed by atoms with Crippen LogP contribution in [0, 0.1) is 12.7 Å². The maximum atomic E-state index is 13.0. The Morgan fingerprint density at radius 2 is 2.15 bits per heavy atom. The summed E-state index contributed by atoms with van der Waals surface area (Å²) in [7, 11) is 1.67. The molecule has 1 aromatic rings. The number of hydrogen-bond acceptors (Lipinski definition) is 1. The van der Waals surface area contributed by atoms with Crippen LogP contribution in [0.2, 0.25) is 0 Å². The molecule has 0 saturated carbocycles. The molecule has 0 radical (unpaired) electrons. The number of carbonyl (C=O) groups is 1. The van der Waals surface area contributed by atoms with Crippen molar-refractivity contribution in [3.63, 3.8) is 0 Å². The van der Waals surface area contributed by atoms with Gasteiger partial charge in [-0.1, -0.05) is 5.46 Å². The number of nitrogens with one attached hydrogen (secondary N) is 1. The van der Waals surface area contributed by atoms with Crippen LogP contribution in [-0.2, 0) is 4.79 Å². The van der Waals surface area contributed by atoms with Gasteiger partial charge in [0, 0.05) is 12.6 Å². The van der Waals surface area contributed by atoms with Gasteiger partial charge in [-0.25, -0.2) is 4.39 Å². The summed E-state index contributed by atoms with van der Waals surface area (Å²) in [6, 6.07) is 3.05. The van der Waals surface area contributed by atoms with E-state index in [-0.39, 0.29) is 11.7 Å². The lowest BCUT2D eigenvalue weighted by Gasteiger charge is -2.07. The molecule has 0 heterocycles. The molecule has 0 aliphatic carbocycles. The number of carbonyl (C=O) groups excluding carboxylic acids is 1. The minimum atomic E-state index is -0.244. The van der Waals surface area contributed by atoms with E-state index in [4.69, 9.17) is 0 Å². The summed E-state index contributed by atoms with van der Waals surface area (Å²) < 4.78 is 13.0. The fourth-order valence-corrected chi connectivity index (χ4v) is 1.11. The van der Waals surface area contributed by atoms with Crippen LogP contribution in [0.4, 0.5) is 10.1 Å². The average Bonchev–Trinajstić information content (AvgIpc) is 1.99. The van der Waals surface area contributed by atoms with Crippen molar-refractivity contribution < 1.29 is 9.18 Å². The van der Waals surface area contributed by atoms with E-state index in [9.17, 15) is 9.18 Å². The summed E-state index contributed by atoms with van der Waals surface area (Å²) in [5, 5.41) is 2.64. The van der Waals surface area contributed by atoms with Gasteiger partial charge in [-0.3, -0.25) is 4.79 Å². The van der Waals surface area contributed by atoms with Crippen molar-refractivity contribution in [3.05, 3.63) is 23.5 Å². The second kappa shape index (κ2) is 3.60. The molecule has 0 aliphatic rings. The molecule has 1 amide bonds. The molecule has 1 rings (SSSR count). The second-order valence-electron chi connectivity index (χ2n) is 3.10. The van der Waals surface area contributed by atoms with Crippen LogP contribution < -0.4 is 10.8 Å². The molecule has 0 spiro atoms. The van der Waals surface area contributed by atoms with Gasteiger partial charge < -0.3 is 5.32 Å². The minimum absolute atomic E-state index is 0.144. The third kappa shape index (κ3) is 2.31. The summed E-state index contributed by atoms with van der Waals surface area (Å²) >= 11 is 0. The Balaban J connectivity index is 3.08. The molecular formula is C9H11BFNO. The van der Waals surface area contributed by atoms with Crippen molar-refractivity contribution in [2.45, 2.75) is 13.8 Å². The van der Waals surface area contributed by atoms with Gasteiger partial charge in [0.1, 0.15) is 13.7 Å². The highest BCUT2D eigenvalue weighted by Crippen LogP contribution is 2.13. The van der Waals surface area contributed by atoms with E-state index in [1.54, 1.807) is 20.8 Å². The number of anilines is 1. The Kier molecular flexibility index (Phi) is 2.71. The van der Waals surface area contributed by atoms with Crippen LogP contribution >= 0.6 is 0 Å². The fraction of sp³-hybridized carbons (Fsp3) is 0.222. The maximum Gasteiger partial charge on any atom is 0.221 e. The minimum Gasteiger partial charge on any atom is -0.326 e. The molecule has 4 heteroatoms. The number of halogens is 1. The van der Waals surface area contributed by atoms with Crippen molar-refractivity contribution in [2.75, 3.05) is 5.32 Å². The standard InChI is InChI=1S/C9H11BFNO/c1-5-3-8(11)7(10)4-9(5)12-6(2)13/h3-4H,10H2,1-2H3,(H,12,13). The van der Waals surface area contributed by atoms with E-state index in [0.29, 0.717) is 11.2 Å². The zero-order valence-electron chi connectivity index (χ0n) is 7.94. The lowest BCUT2D eigenvalue weighted by atomic mass is 9.93. The molecule has 1 aromatic carbocycles. The Morgan fingerprint density at radius 3 is 2.69 bits per heavy atom. The number of amides is 1. The molecular weight excluding hydrogens is 168 g/mol. The first-order valence-corrected chi connectivity index (χ1v) is 4.05. The van der Waals surface area contributed by atoms with Crippen molar-refractivity contribution in [1.29, 1.82) is 0 Å². The second-order valence-corrected chi connectivity index (χ2v) is 3.10. The quantitative estimate of drug-likeness (QED) is 0.619. The van der Waals surface area contributed by atoms with Gasteiger partial charge in [-0.15, -0.1) is 0 Å². The fourth-order valence-electron chi connectivity index (χ4n) is 1.11. The van der Waals surface area contributed by atoms with E-state index in [1.165, 1.54) is 13.0 Å². The normalized spacial score (nSPS) is 9.77. The molecule has 0 aromatic heterocycles. The third-order valence-electron chi connectivity index (χ3n) is 1.82.